The summed E-state index contributed by atoms with van der Waals surface area (Å²) in [5.41, 5.74) is 1.57. The van der Waals surface area contributed by atoms with Crippen LogP contribution in [0.2, 0.25) is 0 Å². The van der Waals surface area contributed by atoms with Crippen LogP contribution in [0.15, 0.2) is 54.6 Å². The number of nitrogens with zero attached hydrogens (tertiary/aromatic N) is 1. The van der Waals surface area contributed by atoms with E-state index in [1.165, 1.54) is 7.11 Å². The lowest BCUT2D eigenvalue weighted by atomic mass is 10.1. The van der Waals surface area contributed by atoms with E-state index in [0.29, 0.717) is 12.0 Å². The van der Waals surface area contributed by atoms with Crippen molar-refractivity contribution in [3.63, 3.8) is 0 Å². The van der Waals surface area contributed by atoms with Crippen molar-refractivity contribution < 1.29 is 19.4 Å². The molecule has 5 heteroatoms. The third-order valence-electron chi connectivity index (χ3n) is 2.96. The number of aliphatic hydroxyl groups excluding tert-OH is 1. The largest absolute Gasteiger partial charge is 0.497 e. The second kappa shape index (κ2) is 13.6. The van der Waals surface area contributed by atoms with E-state index < -0.39 is 12.1 Å². The number of carbonyl (C=O) groups is 1. The molecular weight excluding hydrogens is 318 g/mol. The Morgan fingerprint density at radius 3 is 2.08 bits per heavy atom. The van der Waals surface area contributed by atoms with Gasteiger partial charge in [0.1, 0.15) is 5.75 Å². The first-order valence-corrected chi connectivity index (χ1v) is 7.94. The van der Waals surface area contributed by atoms with Crippen molar-refractivity contribution in [1.82, 2.24) is 0 Å². The van der Waals surface area contributed by atoms with Gasteiger partial charge in [-0.1, -0.05) is 44.2 Å². The molecule has 0 aliphatic heterocycles. The summed E-state index contributed by atoms with van der Waals surface area (Å²) in [6, 6.07) is 18.3. The minimum Gasteiger partial charge on any atom is -0.497 e. The smallest absolute Gasteiger partial charge is 0.335 e. The maximum absolute atomic E-state index is 10.8. The van der Waals surface area contributed by atoms with Crippen LogP contribution in [0.5, 0.6) is 5.75 Å². The van der Waals surface area contributed by atoms with E-state index in [1.54, 1.807) is 31.4 Å². The zero-order chi connectivity index (χ0) is 19.1. The molecule has 0 bridgehead atoms. The van der Waals surface area contributed by atoms with Gasteiger partial charge in [0, 0.05) is 6.42 Å². The fraction of sp³-hybridized carbons (Fsp3) is 0.300. The van der Waals surface area contributed by atoms with Gasteiger partial charge in [-0.05, 0) is 29.8 Å². The van der Waals surface area contributed by atoms with Gasteiger partial charge in [0.2, 0.25) is 0 Å². The SMILES string of the molecule is CC.COC(=O)C(O)Cc1ccccc1.COc1ccc(C#N)cc1. The summed E-state index contributed by atoms with van der Waals surface area (Å²) < 4.78 is 9.30. The number of methoxy groups -OCH3 is 2. The summed E-state index contributed by atoms with van der Waals surface area (Å²) in [4.78, 5) is 10.8. The Kier molecular flexibility index (Phi) is 12.0. The Bertz CT molecular complexity index is 633. The average molecular weight is 343 g/mol. The number of rotatable bonds is 4. The molecule has 1 unspecified atom stereocenters. The van der Waals surface area contributed by atoms with Crippen molar-refractivity contribution in [3.05, 3.63) is 65.7 Å². The lowest BCUT2D eigenvalue weighted by Crippen LogP contribution is -2.23. The lowest BCUT2D eigenvalue weighted by Gasteiger charge is -2.07. The van der Waals surface area contributed by atoms with E-state index in [9.17, 15) is 9.90 Å². The molecule has 2 rings (SSSR count). The number of carbonyl (C=O) groups excluding carboxylic acids is 1. The van der Waals surface area contributed by atoms with Crippen molar-refractivity contribution in [2.45, 2.75) is 26.4 Å². The minimum absolute atomic E-state index is 0.299. The van der Waals surface area contributed by atoms with Crippen LogP contribution in [0.3, 0.4) is 0 Å². The first-order valence-electron chi connectivity index (χ1n) is 7.94. The van der Waals surface area contributed by atoms with E-state index in [1.807, 2.05) is 50.2 Å². The number of esters is 1. The zero-order valence-electron chi connectivity index (χ0n) is 15.1. The Balaban J connectivity index is 0.000000430. The molecule has 0 heterocycles. The Hall–Kier alpha value is -2.84. The molecular formula is C20H25NO4. The molecule has 5 nitrogen and oxygen atoms in total. The molecule has 0 radical (unpaired) electrons. The van der Waals surface area contributed by atoms with E-state index in [-0.39, 0.29) is 0 Å². The van der Waals surface area contributed by atoms with Gasteiger partial charge in [0.15, 0.2) is 6.10 Å². The van der Waals surface area contributed by atoms with E-state index in [0.717, 1.165) is 11.3 Å². The highest BCUT2D eigenvalue weighted by molar-refractivity contribution is 5.74. The van der Waals surface area contributed by atoms with Gasteiger partial charge in [0.05, 0.1) is 25.9 Å². The molecule has 0 aliphatic carbocycles. The summed E-state index contributed by atoms with van der Waals surface area (Å²) in [7, 11) is 2.86. The highest BCUT2D eigenvalue weighted by atomic mass is 16.5. The predicted molar refractivity (Wildman–Crippen MR) is 97.2 cm³/mol. The fourth-order valence-corrected chi connectivity index (χ4v) is 1.72. The first-order chi connectivity index (χ1) is 12.1. The van der Waals surface area contributed by atoms with Crippen LogP contribution in [-0.4, -0.2) is 31.4 Å². The molecule has 1 atom stereocenters. The molecule has 25 heavy (non-hydrogen) atoms. The van der Waals surface area contributed by atoms with Gasteiger partial charge in [0.25, 0.3) is 0 Å². The third kappa shape index (κ3) is 9.14. The average Bonchev–Trinajstić information content (AvgIpc) is 2.70. The molecule has 134 valence electrons. The van der Waals surface area contributed by atoms with Crippen molar-refractivity contribution in [1.29, 1.82) is 5.26 Å². The summed E-state index contributed by atoms with van der Waals surface area (Å²) in [5.74, 6) is 0.183. The highest BCUT2D eigenvalue weighted by Crippen LogP contribution is 2.09. The summed E-state index contributed by atoms with van der Waals surface area (Å²) in [6.45, 7) is 4.00. The van der Waals surface area contributed by atoms with Gasteiger partial charge in [-0.15, -0.1) is 0 Å². The van der Waals surface area contributed by atoms with Gasteiger partial charge in [-0.2, -0.15) is 5.26 Å². The van der Waals surface area contributed by atoms with Crippen molar-refractivity contribution >= 4 is 5.97 Å². The van der Waals surface area contributed by atoms with Crippen LogP contribution in [0, 0.1) is 11.3 Å². The molecule has 0 fully saturated rings. The maximum atomic E-state index is 10.8. The summed E-state index contributed by atoms with van der Waals surface area (Å²) in [5, 5.41) is 17.7. The maximum Gasteiger partial charge on any atom is 0.335 e. The van der Waals surface area contributed by atoms with E-state index in [2.05, 4.69) is 4.74 Å². The molecule has 0 spiro atoms. The number of nitriles is 1. The summed E-state index contributed by atoms with van der Waals surface area (Å²) in [6.07, 6.45) is -0.763. The number of hydrogen-bond donors (Lipinski definition) is 1. The molecule has 0 saturated heterocycles. The number of ether oxygens (including phenoxy) is 2. The Morgan fingerprint density at radius 2 is 1.64 bits per heavy atom. The zero-order valence-corrected chi connectivity index (χ0v) is 15.1. The van der Waals surface area contributed by atoms with Crippen LogP contribution in [0.25, 0.3) is 0 Å². The molecule has 0 aliphatic rings. The molecule has 0 saturated carbocycles. The molecule has 1 N–H and O–H groups in total. The van der Waals surface area contributed by atoms with Crippen LogP contribution < -0.4 is 4.74 Å². The van der Waals surface area contributed by atoms with Crippen LogP contribution >= 0.6 is 0 Å². The van der Waals surface area contributed by atoms with Gasteiger partial charge in [-0.3, -0.25) is 0 Å². The lowest BCUT2D eigenvalue weighted by molar-refractivity contribution is -0.150. The Labute approximate surface area is 149 Å². The molecule has 2 aromatic carbocycles. The normalized spacial score (nSPS) is 9.92. The van der Waals surface area contributed by atoms with Crippen molar-refractivity contribution in [2.24, 2.45) is 0 Å². The second-order valence-corrected chi connectivity index (χ2v) is 4.57. The number of benzene rings is 2. The van der Waals surface area contributed by atoms with Crippen LogP contribution in [0.4, 0.5) is 0 Å². The summed E-state index contributed by atoms with van der Waals surface area (Å²) >= 11 is 0. The predicted octanol–water partition coefficient (Wildman–Crippen LogP) is 3.36. The van der Waals surface area contributed by atoms with E-state index >= 15 is 0 Å². The minimum atomic E-state index is -1.06. The fourth-order valence-electron chi connectivity index (χ4n) is 1.72. The van der Waals surface area contributed by atoms with Gasteiger partial charge in [-0.25, -0.2) is 4.79 Å². The molecule has 0 aromatic heterocycles. The van der Waals surface area contributed by atoms with Crippen molar-refractivity contribution in [2.75, 3.05) is 14.2 Å². The van der Waals surface area contributed by atoms with Crippen molar-refractivity contribution in [3.8, 4) is 11.8 Å². The second-order valence-electron chi connectivity index (χ2n) is 4.57. The van der Waals surface area contributed by atoms with Crippen LogP contribution in [-0.2, 0) is 16.0 Å². The standard InChI is InChI=1S/C10H12O3.C8H7NO.C2H6/c1-13-10(12)9(11)7-8-5-3-2-4-6-8;1-10-8-4-2-7(6-9)3-5-8;1-2/h2-6,9,11H,7H2,1H3;2-5H,1H3;1-2H3. The number of hydrogen-bond acceptors (Lipinski definition) is 5. The van der Waals surface area contributed by atoms with Gasteiger partial charge < -0.3 is 14.6 Å². The van der Waals surface area contributed by atoms with Gasteiger partial charge >= 0.3 is 5.97 Å². The quantitative estimate of drug-likeness (QED) is 0.861. The third-order valence-corrected chi connectivity index (χ3v) is 2.96. The monoisotopic (exact) mass is 343 g/mol. The van der Waals surface area contributed by atoms with Crippen LogP contribution in [0.1, 0.15) is 25.0 Å². The Morgan fingerprint density at radius 1 is 1.08 bits per heavy atom. The molecule has 0 amide bonds. The number of aliphatic hydroxyl groups is 1. The molecule has 2 aromatic rings. The first kappa shape index (κ1) is 22.2. The highest BCUT2D eigenvalue weighted by Gasteiger charge is 2.14. The topological polar surface area (TPSA) is 79.6 Å². The van der Waals surface area contributed by atoms with E-state index in [4.69, 9.17) is 10.00 Å².